The van der Waals surface area contributed by atoms with E-state index in [0.717, 1.165) is 18.5 Å². The van der Waals surface area contributed by atoms with Crippen LogP contribution in [-0.2, 0) is 16.1 Å². The van der Waals surface area contributed by atoms with Crippen LogP contribution >= 0.6 is 0 Å². The van der Waals surface area contributed by atoms with Crippen molar-refractivity contribution in [2.45, 2.75) is 13.0 Å². The van der Waals surface area contributed by atoms with Crippen molar-refractivity contribution in [1.29, 1.82) is 0 Å². The topological polar surface area (TPSA) is 88.7 Å². The van der Waals surface area contributed by atoms with Crippen molar-refractivity contribution >= 4 is 5.97 Å². The number of likely N-dealkylation sites (tertiary alicyclic amines) is 1. The largest absolute Gasteiger partial charge is 0.481 e. The quantitative estimate of drug-likeness (QED) is 0.912. The summed E-state index contributed by atoms with van der Waals surface area (Å²) in [5, 5.41) is 13.7. The molecule has 0 bridgehead atoms. The van der Waals surface area contributed by atoms with E-state index < -0.39 is 11.4 Å². The second-order valence-corrected chi connectivity index (χ2v) is 6.55. The minimum atomic E-state index is -0.801. The molecule has 2 aromatic rings. The van der Waals surface area contributed by atoms with E-state index in [9.17, 15) is 9.90 Å². The van der Waals surface area contributed by atoms with Gasteiger partial charge < -0.3 is 14.4 Å². The Hall–Kier alpha value is -2.25. The lowest BCUT2D eigenvalue weighted by Gasteiger charge is -2.34. The van der Waals surface area contributed by atoms with Gasteiger partial charge in [0.05, 0.1) is 13.2 Å². The molecule has 7 heteroatoms. The predicted molar refractivity (Wildman–Crippen MR) is 84.0 cm³/mol. The van der Waals surface area contributed by atoms with Crippen LogP contribution in [0.1, 0.15) is 12.2 Å². The first-order chi connectivity index (χ1) is 11.7. The number of ether oxygens (including phenoxy) is 1. The molecular weight excluding hydrogens is 310 g/mol. The summed E-state index contributed by atoms with van der Waals surface area (Å²) >= 11 is 0. The van der Waals surface area contributed by atoms with Crippen LogP contribution in [0, 0.1) is 11.3 Å². The van der Waals surface area contributed by atoms with Crippen LogP contribution in [0.25, 0.3) is 11.5 Å². The van der Waals surface area contributed by atoms with E-state index in [-0.39, 0.29) is 12.5 Å². The van der Waals surface area contributed by atoms with Crippen LogP contribution < -0.4 is 0 Å². The molecule has 0 amide bonds. The highest BCUT2D eigenvalue weighted by Crippen LogP contribution is 2.42. The highest BCUT2D eigenvalue weighted by Gasteiger charge is 2.54. The fourth-order valence-corrected chi connectivity index (χ4v) is 3.73. The average Bonchev–Trinajstić information content (AvgIpc) is 3.20. The maximum atomic E-state index is 11.8. The van der Waals surface area contributed by atoms with Crippen molar-refractivity contribution in [2.24, 2.45) is 11.3 Å². The summed E-state index contributed by atoms with van der Waals surface area (Å²) in [5.74, 6) is 0.407. The molecule has 1 aromatic heterocycles. The molecule has 3 heterocycles. The highest BCUT2D eigenvalue weighted by molar-refractivity contribution is 5.76. The normalized spacial score (nSPS) is 27.1. The van der Waals surface area contributed by atoms with E-state index in [2.05, 4.69) is 15.0 Å². The zero-order valence-corrected chi connectivity index (χ0v) is 13.2. The van der Waals surface area contributed by atoms with Crippen LogP contribution in [-0.4, -0.2) is 52.4 Å². The standard InChI is InChI=1S/C17H19N3O4/c21-16(22)17-10-20(8-13(17)6-7-23-11-17)9-14-18-15(24-19-14)12-4-2-1-3-5-12/h1-5,13H,6-11H2,(H,21,22)/t13-,17+/m0/s1. The summed E-state index contributed by atoms with van der Waals surface area (Å²) in [5.41, 5.74) is 0.0753. The SMILES string of the molecule is O=C(O)[C@]12COCC[C@H]1CN(Cc1noc(-c3ccccc3)n1)C2. The van der Waals surface area contributed by atoms with E-state index in [1.54, 1.807) is 0 Å². The molecule has 2 atom stereocenters. The maximum Gasteiger partial charge on any atom is 0.313 e. The summed E-state index contributed by atoms with van der Waals surface area (Å²) in [6.07, 6.45) is 0.782. The van der Waals surface area contributed by atoms with Crippen LogP contribution in [0.3, 0.4) is 0 Å². The van der Waals surface area contributed by atoms with Gasteiger partial charge in [-0.3, -0.25) is 9.69 Å². The van der Waals surface area contributed by atoms with Crippen LogP contribution in [0.15, 0.2) is 34.9 Å². The highest BCUT2D eigenvalue weighted by atomic mass is 16.5. The molecule has 24 heavy (non-hydrogen) atoms. The van der Waals surface area contributed by atoms with Gasteiger partial charge in [0.2, 0.25) is 0 Å². The van der Waals surface area contributed by atoms with Gasteiger partial charge >= 0.3 is 5.97 Å². The first-order valence-electron chi connectivity index (χ1n) is 8.09. The Morgan fingerprint density at radius 1 is 1.38 bits per heavy atom. The summed E-state index contributed by atoms with van der Waals surface area (Å²) in [6, 6.07) is 9.60. The number of aliphatic carboxylic acids is 1. The maximum absolute atomic E-state index is 11.8. The number of rotatable bonds is 4. The van der Waals surface area contributed by atoms with Crippen LogP contribution in [0.4, 0.5) is 0 Å². The third-order valence-electron chi connectivity index (χ3n) is 5.02. The molecule has 4 rings (SSSR count). The van der Waals surface area contributed by atoms with Gasteiger partial charge in [-0.1, -0.05) is 23.4 Å². The first kappa shape index (κ1) is 15.3. The third-order valence-corrected chi connectivity index (χ3v) is 5.02. The molecule has 2 fully saturated rings. The Labute approximate surface area is 139 Å². The summed E-state index contributed by atoms with van der Waals surface area (Å²) in [7, 11) is 0. The molecule has 0 saturated carbocycles. The lowest BCUT2D eigenvalue weighted by molar-refractivity contribution is -0.159. The number of nitrogens with zero attached hydrogens (tertiary/aromatic N) is 3. The molecule has 7 nitrogen and oxygen atoms in total. The number of carbonyl (C=O) groups is 1. The van der Waals surface area contributed by atoms with E-state index in [4.69, 9.17) is 9.26 Å². The number of fused-ring (bicyclic) bond motifs is 1. The number of aromatic nitrogens is 2. The summed E-state index contributed by atoms with van der Waals surface area (Å²) in [4.78, 5) is 18.3. The van der Waals surface area contributed by atoms with Gasteiger partial charge in [-0.15, -0.1) is 0 Å². The molecule has 0 aliphatic carbocycles. The molecule has 2 aliphatic rings. The van der Waals surface area contributed by atoms with Crippen molar-refractivity contribution in [3.8, 4) is 11.5 Å². The van der Waals surface area contributed by atoms with Crippen molar-refractivity contribution in [2.75, 3.05) is 26.3 Å². The van der Waals surface area contributed by atoms with Gasteiger partial charge in [-0.05, 0) is 24.5 Å². The number of carboxylic acid groups (broad SMARTS) is 1. The Morgan fingerprint density at radius 3 is 2.96 bits per heavy atom. The summed E-state index contributed by atoms with van der Waals surface area (Å²) < 4.78 is 10.8. The molecule has 2 aliphatic heterocycles. The van der Waals surface area contributed by atoms with Gasteiger partial charge in [0.25, 0.3) is 5.89 Å². The molecular formula is C17H19N3O4. The van der Waals surface area contributed by atoms with E-state index in [1.165, 1.54) is 0 Å². The Kier molecular flexibility index (Phi) is 3.82. The van der Waals surface area contributed by atoms with Crippen molar-refractivity contribution in [3.63, 3.8) is 0 Å². The van der Waals surface area contributed by atoms with Crippen molar-refractivity contribution in [3.05, 3.63) is 36.2 Å². The van der Waals surface area contributed by atoms with Gasteiger partial charge in [-0.25, -0.2) is 0 Å². The third kappa shape index (κ3) is 2.59. The minimum absolute atomic E-state index is 0.115. The van der Waals surface area contributed by atoms with E-state index in [0.29, 0.717) is 31.4 Å². The zero-order valence-electron chi connectivity index (χ0n) is 13.2. The number of benzene rings is 1. The molecule has 0 spiro atoms. The lowest BCUT2D eigenvalue weighted by Crippen LogP contribution is -2.46. The zero-order chi connectivity index (χ0) is 16.6. The number of hydrogen-bond acceptors (Lipinski definition) is 6. The molecule has 0 radical (unpaired) electrons. The molecule has 2 saturated heterocycles. The second-order valence-electron chi connectivity index (χ2n) is 6.55. The molecule has 0 unspecified atom stereocenters. The van der Waals surface area contributed by atoms with Crippen molar-refractivity contribution in [1.82, 2.24) is 15.0 Å². The number of carboxylic acids is 1. The second kappa shape index (κ2) is 5.99. The van der Waals surface area contributed by atoms with Crippen molar-refractivity contribution < 1.29 is 19.2 Å². The Bertz CT molecular complexity index is 732. The molecule has 1 N–H and O–H groups in total. The molecule has 126 valence electrons. The number of hydrogen-bond donors (Lipinski definition) is 1. The Morgan fingerprint density at radius 2 is 2.21 bits per heavy atom. The van der Waals surface area contributed by atoms with Crippen LogP contribution in [0.2, 0.25) is 0 Å². The fraction of sp³-hybridized carbons (Fsp3) is 0.471. The van der Waals surface area contributed by atoms with E-state index >= 15 is 0 Å². The average molecular weight is 329 g/mol. The summed E-state index contributed by atoms with van der Waals surface area (Å²) in [6.45, 7) is 2.59. The smallest absolute Gasteiger partial charge is 0.313 e. The van der Waals surface area contributed by atoms with Gasteiger partial charge in [0, 0.05) is 25.3 Å². The first-order valence-corrected chi connectivity index (χ1v) is 8.09. The fourth-order valence-electron chi connectivity index (χ4n) is 3.73. The monoisotopic (exact) mass is 329 g/mol. The van der Waals surface area contributed by atoms with Gasteiger partial charge in [0.1, 0.15) is 5.41 Å². The van der Waals surface area contributed by atoms with Crippen LogP contribution in [0.5, 0.6) is 0 Å². The molecule has 1 aromatic carbocycles. The van der Waals surface area contributed by atoms with Gasteiger partial charge in [-0.2, -0.15) is 4.98 Å². The lowest BCUT2D eigenvalue weighted by atomic mass is 9.76. The van der Waals surface area contributed by atoms with Gasteiger partial charge in [0.15, 0.2) is 5.82 Å². The Balaban J connectivity index is 1.49. The van der Waals surface area contributed by atoms with E-state index in [1.807, 2.05) is 30.3 Å². The minimum Gasteiger partial charge on any atom is -0.481 e. The predicted octanol–water partition coefficient (Wildman–Crippen LogP) is 1.66.